The molecular formula is C12H7Cl2FN2O. The minimum atomic E-state index is -0.738. The molecule has 0 fully saturated rings. The average molecular weight is 285 g/mol. The quantitative estimate of drug-likeness (QED) is 0.680. The van der Waals surface area contributed by atoms with Crippen LogP contribution in [0.4, 0.5) is 10.1 Å². The standard InChI is InChI=1S/C12H7Cl2FN2O/c13-6-3-4-8(16)9(10(6)14)12(18)11-7(15)2-1-5-17-11/h1-5H,16H2. The fourth-order valence-electron chi connectivity index (χ4n) is 1.47. The monoisotopic (exact) mass is 284 g/mol. The van der Waals surface area contributed by atoms with Crippen molar-refractivity contribution >= 4 is 34.7 Å². The van der Waals surface area contributed by atoms with Crippen molar-refractivity contribution < 1.29 is 9.18 Å². The fraction of sp³-hybridized carbons (Fsp3) is 0. The predicted octanol–water partition coefficient (Wildman–Crippen LogP) is 3.34. The second-order valence-corrected chi connectivity index (χ2v) is 4.27. The molecule has 0 saturated carbocycles. The number of anilines is 1. The third kappa shape index (κ3) is 2.17. The number of hydrogen-bond donors (Lipinski definition) is 1. The van der Waals surface area contributed by atoms with Gasteiger partial charge in [0.25, 0.3) is 0 Å². The molecule has 1 heterocycles. The first kappa shape index (κ1) is 12.8. The Morgan fingerprint density at radius 2 is 2.00 bits per heavy atom. The summed E-state index contributed by atoms with van der Waals surface area (Å²) in [4.78, 5) is 15.8. The maximum absolute atomic E-state index is 13.5. The van der Waals surface area contributed by atoms with Gasteiger partial charge >= 0.3 is 0 Å². The Hall–Kier alpha value is -1.65. The zero-order valence-corrected chi connectivity index (χ0v) is 10.5. The molecule has 2 N–H and O–H groups in total. The van der Waals surface area contributed by atoms with Crippen molar-refractivity contribution in [1.82, 2.24) is 4.98 Å². The topological polar surface area (TPSA) is 56.0 Å². The number of hydrogen-bond acceptors (Lipinski definition) is 3. The number of aromatic nitrogens is 1. The van der Waals surface area contributed by atoms with Crippen LogP contribution in [0.25, 0.3) is 0 Å². The van der Waals surface area contributed by atoms with Gasteiger partial charge in [-0.25, -0.2) is 9.37 Å². The lowest BCUT2D eigenvalue weighted by Crippen LogP contribution is -2.10. The first-order valence-corrected chi connectivity index (χ1v) is 5.66. The summed E-state index contributed by atoms with van der Waals surface area (Å²) in [6.07, 6.45) is 1.31. The molecule has 0 saturated heterocycles. The molecule has 6 heteroatoms. The van der Waals surface area contributed by atoms with Crippen LogP contribution in [0.1, 0.15) is 16.1 Å². The molecule has 0 aliphatic heterocycles. The van der Waals surface area contributed by atoms with Crippen molar-refractivity contribution in [3.8, 4) is 0 Å². The van der Waals surface area contributed by atoms with E-state index in [4.69, 9.17) is 28.9 Å². The van der Waals surface area contributed by atoms with Gasteiger partial charge in [-0.3, -0.25) is 4.79 Å². The van der Waals surface area contributed by atoms with Gasteiger partial charge in [-0.05, 0) is 24.3 Å². The second-order valence-electron chi connectivity index (χ2n) is 3.49. The molecule has 1 aromatic carbocycles. The maximum atomic E-state index is 13.5. The highest BCUT2D eigenvalue weighted by Gasteiger charge is 2.21. The molecule has 18 heavy (non-hydrogen) atoms. The van der Waals surface area contributed by atoms with Gasteiger partial charge in [-0.2, -0.15) is 0 Å². The number of carbonyl (C=O) groups excluding carboxylic acids is 1. The van der Waals surface area contributed by atoms with Gasteiger partial charge in [-0.15, -0.1) is 0 Å². The molecule has 1 aromatic heterocycles. The third-order valence-corrected chi connectivity index (χ3v) is 3.13. The molecule has 0 atom stereocenters. The predicted molar refractivity (Wildman–Crippen MR) is 68.5 cm³/mol. The van der Waals surface area contributed by atoms with Gasteiger partial charge in [0, 0.05) is 11.9 Å². The van der Waals surface area contributed by atoms with Crippen molar-refractivity contribution in [2.75, 3.05) is 5.73 Å². The lowest BCUT2D eigenvalue weighted by Gasteiger charge is -2.08. The maximum Gasteiger partial charge on any atom is 0.217 e. The highest BCUT2D eigenvalue weighted by atomic mass is 35.5. The number of pyridine rings is 1. The molecule has 0 aliphatic rings. The number of rotatable bonds is 2. The summed E-state index contributed by atoms with van der Waals surface area (Å²) in [6, 6.07) is 5.41. The smallest absolute Gasteiger partial charge is 0.217 e. The summed E-state index contributed by atoms with van der Waals surface area (Å²) in [5, 5.41) is 0.164. The van der Waals surface area contributed by atoms with Crippen molar-refractivity contribution in [3.63, 3.8) is 0 Å². The summed E-state index contributed by atoms with van der Waals surface area (Å²) in [7, 11) is 0. The van der Waals surface area contributed by atoms with E-state index >= 15 is 0 Å². The van der Waals surface area contributed by atoms with E-state index in [1.165, 1.54) is 24.4 Å². The zero-order valence-electron chi connectivity index (χ0n) is 8.95. The van der Waals surface area contributed by atoms with Crippen LogP contribution in [0.2, 0.25) is 10.0 Å². The molecule has 92 valence electrons. The summed E-state index contributed by atoms with van der Waals surface area (Å²) in [5.74, 6) is -1.43. The molecule has 0 spiro atoms. The largest absolute Gasteiger partial charge is 0.398 e. The Kier molecular flexibility index (Phi) is 3.50. The van der Waals surface area contributed by atoms with E-state index in [0.717, 1.165) is 6.07 Å². The SMILES string of the molecule is Nc1ccc(Cl)c(Cl)c1C(=O)c1ncccc1F. The van der Waals surface area contributed by atoms with E-state index in [1.807, 2.05) is 0 Å². The number of nitrogens with zero attached hydrogens (tertiary/aromatic N) is 1. The molecule has 0 aliphatic carbocycles. The number of nitrogens with two attached hydrogens (primary N) is 1. The van der Waals surface area contributed by atoms with Crippen LogP contribution >= 0.6 is 23.2 Å². The Morgan fingerprint density at radius 1 is 1.28 bits per heavy atom. The van der Waals surface area contributed by atoms with Crippen LogP contribution in [0.5, 0.6) is 0 Å². The van der Waals surface area contributed by atoms with Crippen molar-refractivity contribution in [2.24, 2.45) is 0 Å². The average Bonchev–Trinajstić information content (AvgIpc) is 2.35. The molecule has 2 aromatic rings. The summed E-state index contributed by atoms with van der Waals surface area (Å²) in [6.45, 7) is 0. The van der Waals surface area contributed by atoms with Gasteiger partial charge in [-0.1, -0.05) is 23.2 Å². The van der Waals surface area contributed by atoms with Crippen molar-refractivity contribution in [3.05, 3.63) is 57.6 Å². The van der Waals surface area contributed by atoms with Gasteiger partial charge in [0.1, 0.15) is 5.69 Å². The van der Waals surface area contributed by atoms with Crippen LogP contribution in [-0.2, 0) is 0 Å². The van der Waals surface area contributed by atoms with Gasteiger partial charge in [0.05, 0.1) is 15.6 Å². The molecule has 0 unspecified atom stereocenters. The number of nitrogen functional groups attached to an aromatic ring is 1. The van der Waals surface area contributed by atoms with Crippen LogP contribution in [-0.4, -0.2) is 10.8 Å². The lowest BCUT2D eigenvalue weighted by atomic mass is 10.1. The van der Waals surface area contributed by atoms with E-state index in [1.54, 1.807) is 0 Å². The normalized spacial score (nSPS) is 10.4. The number of halogens is 3. The molecule has 2 rings (SSSR count). The molecule has 0 bridgehead atoms. The van der Waals surface area contributed by atoms with E-state index in [-0.39, 0.29) is 27.0 Å². The van der Waals surface area contributed by atoms with E-state index in [9.17, 15) is 9.18 Å². The fourth-order valence-corrected chi connectivity index (χ4v) is 1.88. The number of ketones is 1. The Bertz CT molecular complexity index is 631. The summed E-state index contributed by atoms with van der Waals surface area (Å²) >= 11 is 11.7. The molecule has 0 amide bonds. The first-order valence-electron chi connectivity index (χ1n) is 4.91. The third-order valence-electron chi connectivity index (χ3n) is 2.33. The lowest BCUT2D eigenvalue weighted by molar-refractivity contribution is 0.103. The first-order chi connectivity index (χ1) is 8.52. The number of benzene rings is 1. The summed E-state index contributed by atoms with van der Waals surface area (Å²) < 4.78 is 13.5. The molecule has 0 radical (unpaired) electrons. The molecule has 3 nitrogen and oxygen atoms in total. The van der Waals surface area contributed by atoms with E-state index in [0.29, 0.717) is 0 Å². The molecular weight excluding hydrogens is 278 g/mol. The highest BCUT2D eigenvalue weighted by molar-refractivity contribution is 6.44. The summed E-state index contributed by atoms with van der Waals surface area (Å²) in [5.41, 5.74) is 5.41. The van der Waals surface area contributed by atoms with E-state index in [2.05, 4.69) is 4.98 Å². The van der Waals surface area contributed by atoms with Crippen molar-refractivity contribution in [1.29, 1.82) is 0 Å². The second kappa shape index (κ2) is 4.92. The highest BCUT2D eigenvalue weighted by Crippen LogP contribution is 2.31. The van der Waals surface area contributed by atoms with Crippen LogP contribution in [0, 0.1) is 5.82 Å². The zero-order chi connectivity index (χ0) is 13.3. The van der Waals surface area contributed by atoms with Crippen LogP contribution < -0.4 is 5.73 Å². The van der Waals surface area contributed by atoms with Gasteiger partial charge in [0.2, 0.25) is 5.78 Å². The Balaban J connectivity index is 2.61. The Morgan fingerprint density at radius 3 is 2.67 bits per heavy atom. The number of carbonyl (C=O) groups is 1. The van der Waals surface area contributed by atoms with Crippen LogP contribution in [0.15, 0.2) is 30.5 Å². The van der Waals surface area contributed by atoms with Gasteiger partial charge < -0.3 is 5.73 Å². The minimum absolute atomic E-state index is 0.00767. The van der Waals surface area contributed by atoms with Gasteiger partial charge in [0.15, 0.2) is 5.82 Å². The van der Waals surface area contributed by atoms with Crippen molar-refractivity contribution in [2.45, 2.75) is 0 Å². The minimum Gasteiger partial charge on any atom is -0.398 e. The van der Waals surface area contributed by atoms with Crippen LogP contribution in [0.3, 0.4) is 0 Å². The Labute approximate surface area is 112 Å². The van der Waals surface area contributed by atoms with E-state index < -0.39 is 11.6 Å².